The van der Waals surface area contributed by atoms with Crippen LogP contribution >= 0.6 is 0 Å². The summed E-state index contributed by atoms with van der Waals surface area (Å²) in [5, 5.41) is 9.07. The average molecular weight is 317 g/mol. The quantitative estimate of drug-likeness (QED) is 0.710. The standard InChI is InChI=1S/C12H15NO7S/c1-19-8-3-4-10(9(7-8)12(15)16)13-21(17,18)6-5-11(14)20-2/h3-4,7,13H,5-6H2,1-2H3,(H,15,16). The topological polar surface area (TPSA) is 119 Å². The zero-order valence-corrected chi connectivity index (χ0v) is 12.3. The van der Waals surface area contributed by atoms with E-state index in [-0.39, 0.29) is 23.4 Å². The van der Waals surface area contributed by atoms with Crippen molar-refractivity contribution in [3.05, 3.63) is 23.8 Å². The van der Waals surface area contributed by atoms with Crippen molar-refractivity contribution in [3.63, 3.8) is 0 Å². The van der Waals surface area contributed by atoms with Crippen molar-refractivity contribution in [1.82, 2.24) is 0 Å². The monoisotopic (exact) mass is 317 g/mol. The second-order valence-corrected chi connectivity index (χ2v) is 5.81. The number of hydrogen-bond acceptors (Lipinski definition) is 6. The van der Waals surface area contributed by atoms with Gasteiger partial charge in [0.05, 0.1) is 37.6 Å². The SMILES string of the molecule is COC(=O)CCS(=O)(=O)Nc1ccc(OC)cc1C(=O)O. The number of carboxylic acids is 1. The van der Waals surface area contributed by atoms with Gasteiger partial charge >= 0.3 is 11.9 Å². The molecule has 1 rings (SSSR count). The number of ether oxygens (including phenoxy) is 2. The molecule has 1 aromatic carbocycles. The number of carbonyl (C=O) groups is 2. The number of hydrogen-bond donors (Lipinski definition) is 2. The van der Waals surface area contributed by atoms with E-state index in [0.717, 1.165) is 7.11 Å². The summed E-state index contributed by atoms with van der Waals surface area (Å²) in [4.78, 5) is 22.1. The molecule has 21 heavy (non-hydrogen) atoms. The van der Waals surface area contributed by atoms with E-state index in [1.807, 2.05) is 0 Å². The lowest BCUT2D eigenvalue weighted by atomic mass is 10.2. The van der Waals surface area contributed by atoms with Gasteiger partial charge in [0.25, 0.3) is 0 Å². The summed E-state index contributed by atoms with van der Waals surface area (Å²) in [7, 11) is -1.36. The van der Waals surface area contributed by atoms with Crippen LogP contribution in [0, 0.1) is 0 Å². The lowest BCUT2D eigenvalue weighted by Gasteiger charge is -2.11. The summed E-state index contributed by atoms with van der Waals surface area (Å²) >= 11 is 0. The third-order valence-electron chi connectivity index (χ3n) is 2.53. The fraction of sp³-hybridized carbons (Fsp3) is 0.333. The third-order valence-corrected chi connectivity index (χ3v) is 3.80. The van der Waals surface area contributed by atoms with Crippen molar-refractivity contribution in [2.24, 2.45) is 0 Å². The van der Waals surface area contributed by atoms with Crippen LogP contribution in [0.5, 0.6) is 5.75 Å². The highest BCUT2D eigenvalue weighted by molar-refractivity contribution is 7.92. The molecule has 9 heteroatoms. The van der Waals surface area contributed by atoms with Gasteiger partial charge in [-0.05, 0) is 18.2 Å². The first kappa shape index (κ1) is 16.8. The number of carboxylic acid groups (broad SMARTS) is 1. The first-order valence-corrected chi connectivity index (χ1v) is 7.43. The van der Waals surface area contributed by atoms with Crippen LogP contribution in [-0.2, 0) is 19.6 Å². The second kappa shape index (κ2) is 6.93. The smallest absolute Gasteiger partial charge is 0.337 e. The van der Waals surface area contributed by atoms with Crippen molar-refractivity contribution in [3.8, 4) is 5.75 Å². The predicted molar refractivity (Wildman–Crippen MR) is 74.0 cm³/mol. The van der Waals surface area contributed by atoms with Gasteiger partial charge in [0, 0.05) is 0 Å². The number of carbonyl (C=O) groups excluding carboxylic acids is 1. The van der Waals surface area contributed by atoms with E-state index in [4.69, 9.17) is 9.84 Å². The fourth-order valence-electron chi connectivity index (χ4n) is 1.45. The van der Waals surface area contributed by atoms with Crippen molar-refractivity contribution in [1.29, 1.82) is 0 Å². The van der Waals surface area contributed by atoms with Crippen LogP contribution in [0.15, 0.2) is 18.2 Å². The molecular weight excluding hydrogens is 302 g/mol. The van der Waals surface area contributed by atoms with E-state index >= 15 is 0 Å². The molecule has 1 aromatic rings. The van der Waals surface area contributed by atoms with E-state index in [2.05, 4.69) is 9.46 Å². The molecule has 8 nitrogen and oxygen atoms in total. The lowest BCUT2D eigenvalue weighted by molar-refractivity contribution is -0.140. The minimum absolute atomic E-state index is 0.104. The Kier molecular flexibility index (Phi) is 5.53. The molecule has 0 atom stereocenters. The molecule has 0 unspecified atom stereocenters. The summed E-state index contributed by atoms with van der Waals surface area (Å²) in [6.45, 7) is 0. The van der Waals surface area contributed by atoms with Crippen LogP contribution in [0.3, 0.4) is 0 Å². The lowest BCUT2D eigenvalue weighted by Crippen LogP contribution is -2.21. The van der Waals surface area contributed by atoms with E-state index in [9.17, 15) is 18.0 Å². The Hall–Kier alpha value is -2.29. The molecule has 0 bridgehead atoms. The number of benzene rings is 1. The van der Waals surface area contributed by atoms with Crippen LogP contribution in [0.1, 0.15) is 16.8 Å². The molecule has 0 heterocycles. The van der Waals surface area contributed by atoms with Crippen molar-refractivity contribution in [2.75, 3.05) is 24.7 Å². The first-order valence-electron chi connectivity index (χ1n) is 5.77. The average Bonchev–Trinajstić information content (AvgIpc) is 2.44. The molecule has 0 aliphatic carbocycles. The molecule has 0 radical (unpaired) electrons. The molecule has 0 amide bonds. The maximum atomic E-state index is 11.8. The van der Waals surface area contributed by atoms with Crippen LogP contribution in [-0.4, -0.2) is 45.4 Å². The van der Waals surface area contributed by atoms with Crippen LogP contribution < -0.4 is 9.46 Å². The number of aromatic carboxylic acids is 1. The Bertz CT molecular complexity index is 639. The van der Waals surface area contributed by atoms with Gasteiger partial charge in [0.2, 0.25) is 10.0 Å². The predicted octanol–water partition coefficient (Wildman–Crippen LogP) is 0.698. The highest BCUT2D eigenvalue weighted by Crippen LogP contribution is 2.23. The van der Waals surface area contributed by atoms with Gasteiger partial charge in [0.1, 0.15) is 5.75 Å². The van der Waals surface area contributed by atoms with Gasteiger partial charge < -0.3 is 14.6 Å². The molecule has 0 fully saturated rings. The molecular formula is C12H15NO7S. The Balaban J connectivity index is 2.96. The normalized spacial score (nSPS) is 10.8. The highest BCUT2D eigenvalue weighted by atomic mass is 32.2. The summed E-state index contributed by atoms with van der Waals surface area (Å²) in [6, 6.07) is 3.89. The van der Waals surface area contributed by atoms with E-state index in [1.165, 1.54) is 25.3 Å². The largest absolute Gasteiger partial charge is 0.497 e. The van der Waals surface area contributed by atoms with E-state index < -0.39 is 27.7 Å². The van der Waals surface area contributed by atoms with Crippen LogP contribution in [0.4, 0.5) is 5.69 Å². The van der Waals surface area contributed by atoms with Gasteiger partial charge in [-0.15, -0.1) is 0 Å². The Morgan fingerprint density at radius 3 is 2.48 bits per heavy atom. The number of sulfonamides is 1. The van der Waals surface area contributed by atoms with Crippen molar-refractivity contribution >= 4 is 27.6 Å². The third kappa shape index (κ3) is 4.95. The summed E-state index contributed by atoms with van der Waals surface area (Å²) < 4.78 is 35.0. The van der Waals surface area contributed by atoms with Gasteiger partial charge in [-0.3, -0.25) is 9.52 Å². The zero-order valence-electron chi connectivity index (χ0n) is 11.5. The molecule has 0 saturated carbocycles. The molecule has 0 aliphatic rings. The Morgan fingerprint density at radius 1 is 1.29 bits per heavy atom. The maximum absolute atomic E-state index is 11.8. The molecule has 0 aliphatic heterocycles. The molecule has 0 spiro atoms. The number of methoxy groups -OCH3 is 2. The molecule has 0 saturated heterocycles. The van der Waals surface area contributed by atoms with Gasteiger partial charge in [-0.25, -0.2) is 13.2 Å². The maximum Gasteiger partial charge on any atom is 0.337 e. The minimum atomic E-state index is -3.87. The second-order valence-electron chi connectivity index (χ2n) is 3.96. The number of anilines is 1. The summed E-state index contributed by atoms with van der Waals surface area (Å²) in [5.41, 5.74) is -0.357. The number of rotatable bonds is 7. The fourth-order valence-corrected chi connectivity index (χ4v) is 2.51. The number of esters is 1. The molecule has 2 N–H and O–H groups in total. The van der Waals surface area contributed by atoms with Crippen molar-refractivity contribution in [2.45, 2.75) is 6.42 Å². The van der Waals surface area contributed by atoms with Crippen molar-refractivity contribution < 1.29 is 32.6 Å². The number of nitrogens with one attached hydrogen (secondary N) is 1. The highest BCUT2D eigenvalue weighted by Gasteiger charge is 2.18. The van der Waals surface area contributed by atoms with E-state index in [1.54, 1.807) is 0 Å². The van der Waals surface area contributed by atoms with Crippen LogP contribution in [0.25, 0.3) is 0 Å². The summed E-state index contributed by atoms with van der Waals surface area (Å²) in [6.07, 6.45) is -0.329. The summed E-state index contributed by atoms with van der Waals surface area (Å²) in [5.74, 6) is -2.21. The van der Waals surface area contributed by atoms with Gasteiger partial charge in [0.15, 0.2) is 0 Å². The first-order chi connectivity index (χ1) is 9.79. The zero-order chi connectivity index (χ0) is 16.0. The van der Waals surface area contributed by atoms with Gasteiger partial charge in [-0.2, -0.15) is 0 Å². The van der Waals surface area contributed by atoms with Gasteiger partial charge in [-0.1, -0.05) is 0 Å². The molecule has 0 aromatic heterocycles. The Labute approximate surface area is 121 Å². The molecule has 116 valence electrons. The minimum Gasteiger partial charge on any atom is -0.497 e. The Morgan fingerprint density at radius 2 is 1.95 bits per heavy atom. The van der Waals surface area contributed by atoms with Crippen LogP contribution in [0.2, 0.25) is 0 Å². The van der Waals surface area contributed by atoms with E-state index in [0.29, 0.717) is 0 Å².